The van der Waals surface area contributed by atoms with Gasteiger partial charge < -0.3 is 15.3 Å². The minimum Gasteiger partial charge on any atom is -0.508 e. The van der Waals surface area contributed by atoms with E-state index in [9.17, 15) is 20.0 Å². The number of hydrogen-bond donors (Lipinski definition) is 2. The van der Waals surface area contributed by atoms with Crippen LogP contribution in [0.25, 0.3) is 0 Å². The van der Waals surface area contributed by atoms with Gasteiger partial charge >= 0.3 is 0 Å². The number of phenols is 1. The SMILES string of the molecule is O=C(NCCc1ccc(O)cc1)[C@H]1CCCN(c2ccc([N+](=O)[O-])cn2)C1. The number of amides is 1. The highest BCUT2D eigenvalue weighted by molar-refractivity contribution is 5.79. The molecule has 2 heterocycles. The minimum absolute atomic E-state index is 0.0143. The van der Waals surface area contributed by atoms with Gasteiger partial charge in [-0.3, -0.25) is 14.9 Å². The van der Waals surface area contributed by atoms with E-state index in [1.54, 1.807) is 18.2 Å². The molecule has 2 aromatic rings. The largest absolute Gasteiger partial charge is 0.508 e. The summed E-state index contributed by atoms with van der Waals surface area (Å²) in [5, 5.41) is 23.0. The summed E-state index contributed by atoms with van der Waals surface area (Å²) in [6.45, 7) is 1.87. The van der Waals surface area contributed by atoms with Crippen molar-refractivity contribution in [2.45, 2.75) is 19.3 Å². The number of benzene rings is 1. The van der Waals surface area contributed by atoms with Crippen molar-refractivity contribution in [3.05, 3.63) is 58.3 Å². The lowest BCUT2D eigenvalue weighted by atomic mass is 9.97. The maximum absolute atomic E-state index is 12.5. The number of carbonyl (C=O) groups excluding carboxylic acids is 1. The maximum Gasteiger partial charge on any atom is 0.287 e. The van der Waals surface area contributed by atoms with Gasteiger partial charge in [-0.15, -0.1) is 0 Å². The molecule has 0 saturated carbocycles. The van der Waals surface area contributed by atoms with Gasteiger partial charge in [-0.2, -0.15) is 0 Å². The van der Waals surface area contributed by atoms with Gasteiger partial charge in [-0.25, -0.2) is 4.98 Å². The quantitative estimate of drug-likeness (QED) is 0.596. The highest BCUT2D eigenvalue weighted by atomic mass is 16.6. The number of phenolic OH excluding ortho intramolecular Hbond substituents is 1. The zero-order chi connectivity index (χ0) is 19.2. The number of pyridine rings is 1. The second kappa shape index (κ2) is 8.48. The highest BCUT2D eigenvalue weighted by Crippen LogP contribution is 2.23. The molecule has 0 unspecified atom stereocenters. The van der Waals surface area contributed by atoms with E-state index in [4.69, 9.17) is 0 Å². The van der Waals surface area contributed by atoms with Crippen LogP contribution in [0.3, 0.4) is 0 Å². The first kappa shape index (κ1) is 18.6. The first-order chi connectivity index (χ1) is 13.0. The molecule has 3 rings (SSSR count). The Morgan fingerprint density at radius 2 is 2.07 bits per heavy atom. The molecule has 27 heavy (non-hydrogen) atoms. The zero-order valence-electron chi connectivity index (χ0n) is 14.9. The maximum atomic E-state index is 12.5. The number of carbonyl (C=O) groups is 1. The second-order valence-electron chi connectivity index (χ2n) is 6.62. The van der Waals surface area contributed by atoms with Crippen molar-refractivity contribution in [1.29, 1.82) is 0 Å². The Labute approximate surface area is 157 Å². The van der Waals surface area contributed by atoms with Crippen LogP contribution in [0.1, 0.15) is 18.4 Å². The molecule has 0 bridgehead atoms. The van der Waals surface area contributed by atoms with Gasteiger partial charge in [0, 0.05) is 25.7 Å². The van der Waals surface area contributed by atoms with Crippen molar-refractivity contribution in [2.75, 3.05) is 24.5 Å². The number of aromatic nitrogens is 1. The van der Waals surface area contributed by atoms with Crippen LogP contribution in [0.5, 0.6) is 5.75 Å². The smallest absolute Gasteiger partial charge is 0.287 e. The summed E-state index contributed by atoms with van der Waals surface area (Å²) >= 11 is 0. The van der Waals surface area contributed by atoms with Crippen LogP contribution in [0.15, 0.2) is 42.6 Å². The molecule has 8 heteroatoms. The van der Waals surface area contributed by atoms with Crippen molar-refractivity contribution in [2.24, 2.45) is 5.92 Å². The molecule has 8 nitrogen and oxygen atoms in total. The van der Waals surface area contributed by atoms with Crippen LogP contribution in [-0.2, 0) is 11.2 Å². The molecule has 1 aliphatic heterocycles. The van der Waals surface area contributed by atoms with Crippen molar-refractivity contribution >= 4 is 17.4 Å². The topological polar surface area (TPSA) is 109 Å². The third-order valence-electron chi connectivity index (χ3n) is 4.71. The van der Waals surface area contributed by atoms with Crippen LogP contribution < -0.4 is 10.2 Å². The van der Waals surface area contributed by atoms with E-state index >= 15 is 0 Å². The van der Waals surface area contributed by atoms with Crippen LogP contribution in [0, 0.1) is 16.0 Å². The molecule has 1 aromatic heterocycles. The van der Waals surface area contributed by atoms with E-state index in [1.807, 2.05) is 17.0 Å². The Kier molecular flexibility index (Phi) is 5.85. The number of nitro groups is 1. The average Bonchev–Trinajstić information content (AvgIpc) is 2.69. The summed E-state index contributed by atoms with van der Waals surface area (Å²) in [5.74, 6) is 0.767. The predicted molar refractivity (Wildman–Crippen MR) is 101 cm³/mol. The standard InChI is InChI=1S/C19H22N4O4/c24-17-6-3-14(4-7-17)9-10-20-19(25)15-2-1-11-22(13-15)18-8-5-16(12-21-18)23(26)27/h3-8,12,15,24H,1-2,9-11,13H2,(H,20,25)/t15-/m0/s1. The molecule has 1 saturated heterocycles. The number of anilines is 1. The Morgan fingerprint density at radius 1 is 1.30 bits per heavy atom. The Morgan fingerprint density at radius 3 is 2.74 bits per heavy atom. The Bertz CT molecular complexity index is 792. The number of nitrogens with zero attached hydrogens (tertiary/aromatic N) is 3. The van der Waals surface area contributed by atoms with Gasteiger partial charge in [0.05, 0.1) is 10.8 Å². The number of piperidine rings is 1. The zero-order valence-corrected chi connectivity index (χ0v) is 14.9. The van der Waals surface area contributed by atoms with Crippen molar-refractivity contribution in [1.82, 2.24) is 10.3 Å². The normalized spacial score (nSPS) is 16.7. The molecule has 1 amide bonds. The molecule has 0 aliphatic carbocycles. The fourth-order valence-electron chi connectivity index (χ4n) is 3.21. The van der Waals surface area contributed by atoms with E-state index in [1.165, 1.54) is 12.3 Å². The molecule has 0 spiro atoms. The summed E-state index contributed by atoms with van der Waals surface area (Å²) in [5.41, 5.74) is 1.01. The summed E-state index contributed by atoms with van der Waals surface area (Å²) < 4.78 is 0. The number of hydrogen-bond acceptors (Lipinski definition) is 6. The number of aromatic hydroxyl groups is 1. The molecule has 142 valence electrons. The average molecular weight is 370 g/mol. The van der Waals surface area contributed by atoms with E-state index in [2.05, 4.69) is 10.3 Å². The Balaban J connectivity index is 1.51. The number of rotatable bonds is 6. The summed E-state index contributed by atoms with van der Waals surface area (Å²) in [6.07, 6.45) is 3.63. The van der Waals surface area contributed by atoms with Crippen molar-refractivity contribution in [3.63, 3.8) is 0 Å². The third kappa shape index (κ3) is 4.93. The summed E-state index contributed by atoms with van der Waals surface area (Å²) in [4.78, 5) is 28.9. The van der Waals surface area contributed by atoms with Crippen LogP contribution in [0.2, 0.25) is 0 Å². The van der Waals surface area contributed by atoms with Gasteiger partial charge in [0.25, 0.3) is 5.69 Å². The lowest BCUT2D eigenvalue weighted by Crippen LogP contribution is -2.43. The van der Waals surface area contributed by atoms with Gasteiger partial charge in [-0.1, -0.05) is 12.1 Å². The Hall–Kier alpha value is -3.16. The van der Waals surface area contributed by atoms with Gasteiger partial charge in [0.2, 0.25) is 5.91 Å². The van der Waals surface area contributed by atoms with E-state index in [0.29, 0.717) is 25.3 Å². The summed E-state index contributed by atoms with van der Waals surface area (Å²) in [7, 11) is 0. The molecular formula is C19H22N4O4. The molecule has 1 aromatic carbocycles. The molecule has 0 radical (unpaired) electrons. The first-order valence-electron chi connectivity index (χ1n) is 8.94. The van der Waals surface area contributed by atoms with Crippen molar-refractivity contribution in [3.8, 4) is 5.75 Å². The van der Waals surface area contributed by atoms with Crippen molar-refractivity contribution < 1.29 is 14.8 Å². The predicted octanol–water partition coefficient (Wildman–Crippen LogP) is 2.27. The van der Waals surface area contributed by atoms with Crippen LogP contribution in [0.4, 0.5) is 11.5 Å². The van der Waals surface area contributed by atoms with E-state index in [0.717, 1.165) is 24.9 Å². The lowest BCUT2D eigenvalue weighted by molar-refractivity contribution is -0.385. The fraction of sp³-hybridized carbons (Fsp3) is 0.368. The van der Waals surface area contributed by atoms with Gasteiger partial charge in [0.15, 0.2) is 0 Å². The highest BCUT2D eigenvalue weighted by Gasteiger charge is 2.26. The third-order valence-corrected chi connectivity index (χ3v) is 4.71. The molecular weight excluding hydrogens is 348 g/mol. The molecule has 1 atom stereocenters. The fourth-order valence-corrected chi connectivity index (χ4v) is 3.21. The molecule has 1 fully saturated rings. The first-order valence-corrected chi connectivity index (χ1v) is 8.94. The van der Waals surface area contributed by atoms with Crippen LogP contribution in [-0.4, -0.2) is 40.6 Å². The van der Waals surface area contributed by atoms with E-state index in [-0.39, 0.29) is 23.3 Å². The number of nitrogens with one attached hydrogen (secondary N) is 1. The lowest BCUT2D eigenvalue weighted by Gasteiger charge is -2.32. The van der Waals surface area contributed by atoms with Crippen LogP contribution >= 0.6 is 0 Å². The van der Waals surface area contributed by atoms with Gasteiger partial charge in [0.1, 0.15) is 17.8 Å². The monoisotopic (exact) mass is 370 g/mol. The minimum atomic E-state index is -0.475. The van der Waals surface area contributed by atoms with E-state index < -0.39 is 4.92 Å². The van der Waals surface area contributed by atoms with Gasteiger partial charge in [-0.05, 0) is 43.0 Å². The molecule has 2 N–H and O–H groups in total. The summed E-state index contributed by atoms with van der Waals surface area (Å²) in [6, 6.07) is 10.0. The molecule has 1 aliphatic rings. The second-order valence-corrected chi connectivity index (χ2v) is 6.62.